The smallest absolute Gasteiger partial charge is 0.338 e. The monoisotopic (exact) mass is 499 g/mol. The lowest BCUT2D eigenvalue weighted by Crippen LogP contribution is -2.42. The van der Waals surface area contributed by atoms with Crippen LogP contribution in [0.1, 0.15) is 43.4 Å². The van der Waals surface area contributed by atoms with Gasteiger partial charge >= 0.3 is 5.97 Å². The fourth-order valence-corrected chi connectivity index (χ4v) is 6.03. The number of esters is 1. The standard InChI is InChI=1S/C25H29N3O6S/c1-4-32-22-11-6-5-10-21(22)24-26-23(34-27-24)16-33-25(29)19-8-7-9-20(13-19)35(30,31)28-14-17(2)12-18(3)15-28/h5-11,13,17-18H,4,12,14-16H2,1-3H3. The van der Waals surface area contributed by atoms with Crippen LogP contribution in [0.15, 0.2) is 57.9 Å². The lowest BCUT2D eigenvalue weighted by atomic mass is 9.94. The number of piperidine rings is 1. The normalized spacial score (nSPS) is 18.8. The first-order valence-electron chi connectivity index (χ1n) is 11.6. The van der Waals surface area contributed by atoms with E-state index in [0.29, 0.717) is 36.8 Å². The van der Waals surface area contributed by atoms with Crippen LogP contribution in [0.4, 0.5) is 0 Å². The highest BCUT2D eigenvalue weighted by Gasteiger charge is 2.32. The molecule has 4 rings (SSSR count). The minimum absolute atomic E-state index is 0.0702. The Balaban J connectivity index is 1.44. The lowest BCUT2D eigenvalue weighted by Gasteiger charge is -2.34. The maximum absolute atomic E-state index is 13.2. The number of benzene rings is 2. The first kappa shape index (κ1) is 24.9. The second kappa shape index (κ2) is 10.6. The third kappa shape index (κ3) is 5.71. The Labute approximate surface area is 205 Å². The third-order valence-corrected chi connectivity index (χ3v) is 7.59. The Morgan fingerprint density at radius 2 is 1.86 bits per heavy atom. The summed E-state index contributed by atoms with van der Waals surface area (Å²) in [5.74, 6) is 0.924. The maximum atomic E-state index is 13.2. The SMILES string of the molecule is CCOc1ccccc1-c1noc(COC(=O)c2cccc(S(=O)(=O)N3CC(C)CC(C)C3)c2)n1. The zero-order valence-electron chi connectivity index (χ0n) is 20.0. The highest BCUT2D eigenvalue weighted by molar-refractivity contribution is 7.89. The van der Waals surface area contributed by atoms with Gasteiger partial charge < -0.3 is 14.0 Å². The molecule has 1 aliphatic heterocycles. The number of rotatable bonds is 8. The van der Waals surface area contributed by atoms with Gasteiger partial charge in [-0.1, -0.05) is 37.2 Å². The van der Waals surface area contributed by atoms with E-state index in [9.17, 15) is 13.2 Å². The Bertz CT molecular complexity index is 1280. The first-order chi connectivity index (χ1) is 16.8. The molecule has 0 radical (unpaired) electrons. The molecule has 1 aliphatic rings. The molecule has 0 aliphatic carbocycles. The zero-order chi connectivity index (χ0) is 25.0. The Hall–Kier alpha value is -3.24. The van der Waals surface area contributed by atoms with Crippen molar-refractivity contribution in [3.05, 3.63) is 60.0 Å². The predicted molar refractivity (Wildman–Crippen MR) is 128 cm³/mol. The number of carbonyl (C=O) groups is 1. The zero-order valence-corrected chi connectivity index (χ0v) is 20.8. The quantitative estimate of drug-likeness (QED) is 0.425. The molecule has 0 amide bonds. The fraction of sp³-hybridized carbons (Fsp3) is 0.400. The summed E-state index contributed by atoms with van der Waals surface area (Å²) in [5.41, 5.74) is 0.792. The van der Waals surface area contributed by atoms with Crippen molar-refractivity contribution in [2.45, 2.75) is 38.7 Å². The number of hydrogen-bond donors (Lipinski definition) is 0. The van der Waals surface area contributed by atoms with Crippen LogP contribution in [0.5, 0.6) is 5.75 Å². The average molecular weight is 500 g/mol. The molecule has 10 heteroatoms. The van der Waals surface area contributed by atoms with Gasteiger partial charge in [-0.15, -0.1) is 0 Å². The van der Waals surface area contributed by atoms with E-state index in [1.165, 1.54) is 28.6 Å². The van der Waals surface area contributed by atoms with Crippen LogP contribution in [0.2, 0.25) is 0 Å². The molecule has 186 valence electrons. The largest absolute Gasteiger partial charge is 0.493 e. The summed E-state index contributed by atoms with van der Waals surface area (Å²) in [7, 11) is -3.71. The van der Waals surface area contributed by atoms with Crippen LogP contribution in [0.25, 0.3) is 11.4 Å². The van der Waals surface area contributed by atoms with E-state index < -0.39 is 16.0 Å². The number of sulfonamides is 1. The third-order valence-electron chi connectivity index (χ3n) is 5.77. The summed E-state index contributed by atoms with van der Waals surface area (Å²) in [5, 5.41) is 3.95. The van der Waals surface area contributed by atoms with Crippen molar-refractivity contribution in [1.82, 2.24) is 14.4 Å². The van der Waals surface area contributed by atoms with Crippen molar-refractivity contribution in [1.29, 1.82) is 0 Å². The van der Waals surface area contributed by atoms with E-state index in [4.69, 9.17) is 14.0 Å². The summed E-state index contributed by atoms with van der Waals surface area (Å²) < 4.78 is 44.0. The average Bonchev–Trinajstić information content (AvgIpc) is 3.31. The van der Waals surface area contributed by atoms with Crippen LogP contribution >= 0.6 is 0 Å². The van der Waals surface area contributed by atoms with Gasteiger partial charge in [0.2, 0.25) is 15.8 Å². The summed E-state index contributed by atoms with van der Waals surface area (Å²) >= 11 is 0. The van der Waals surface area contributed by atoms with E-state index >= 15 is 0 Å². The molecule has 0 N–H and O–H groups in total. The van der Waals surface area contributed by atoms with E-state index in [1.54, 1.807) is 12.1 Å². The van der Waals surface area contributed by atoms with Gasteiger partial charge in [0.25, 0.3) is 5.89 Å². The van der Waals surface area contributed by atoms with Gasteiger partial charge in [-0.3, -0.25) is 0 Å². The maximum Gasteiger partial charge on any atom is 0.338 e. The van der Waals surface area contributed by atoms with Crippen molar-refractivity contribution >= 4 is 16.0 Å². The van der Waals surface area contributed by atoms with Gasteiger partial charge in [0.1, 0.15) is 5.75 Å². The van der Waals surface area contributed by atoms with E-state index in [1.807, 2.05) is 32.9 Å². The van der Waals surface area contributed by atoms with Gasteiger partial charge in [0, 0.05) is 13.1 Å². The number of nitrogens with zero attached hydrogens (tertiary/aromatic N) is 3. The van der Waals surface area contributed by atoms with Crippen molar-refractivity contribution < 1.29 is 27.2 Å². The molecular formula is C25H29N3O6S. The van der Waals surface area contributed by atoms with Gasteiger partial charge in [0.15, 0.2) is 6.61 Å². The number of ether oxygens (including phenoxy) is 2. The number of hydrogen-bond acceptors (Lipinski definition) is 8. The Morgan fingerprint density at radius 3 is 2.60 bits per heavy atom. The van der Waals surface area contributed by atoms with Crippen molar-refractivity contribution in [2.75, 3.05) is 19.7 Å². The van der Waals surface area contributed by atoms with Gasteiger partial charge in [0.05, 0.1) is 22.6 Å². The molecule has 2 unspecified atom stereocenters. The van der Waals surface area contributed by atoms with Crippen LogP contribution in [0, 0.1) is 11.8 Å². The summed E-state index contributed by atoms with van der Waals surface area (Å²) in [6, 6.07) is 13.2. The lowest BCUT2D eigenvalue weighted by molar-refractivity contribution is 0.0429. The number of para-hydroxylation sites is 1. The van der Waals surface area contributed by atoms with E-state index in [2.05, 4.69) is 10.1 Å². The van der Waals surface area contributed by atoms with Crippen molar-refractivity contribution in [3.8, 4) is 17.1 Å². The molecule has 2 atom stereocenters. The second-order valence-corrected chi connectivity index (χ2v) is 10.8. The predicted octanol–water partition coefficient (Wildman–Crippen LogP) is 4.16. The molecule has 0 spiro atoms. The molecular weight excluding hydrogens is 470 g/mol. The number of carbonyl (C=O) groups excluding carboxylic acids is 1. The minimum Gasteiger partial charge on any atom is -0.493 e. The molecule has 0 saturated carbocycles. The van der Waals surface area contributed by atoms with Crippen LogP contribution in [-0.4, -0.2) is 48.5 Å². The highest BCUT2D eigenvalue weighted by atomic mass is 32.2. The van der Waals surface area contributed by atoms with Crippen LogP contribution in [-0.2, 0) is 21.4 Å². The summed E-state index contributed by atoms with van der Waals surface area (Å²) in [6.45, 7) is 7.14. The van der Waals surface area contributed by atoms with Gasteiger partial charge in [-0.25, -0.2) is 13.2 Å². The molecule has 2 aromatic carbocycles. The molecule has 2 heterocycles. The molecule has 9 nitrogen and oxygen atoms in total. The Kier molecular flexibility index (Phi) is 7.51. The number of aromatic nitrogens is 2. The van der Waals surface area contributed by atoms with Crippen molar-refractivity contribution in [3.63, 3.8) is 0 Å². The van der Waals surface area contributed by atoms with E-state index in [-0.39, 0.29) is 34.8 Å². The van der Waals surface area contributed by atoms with Crippen molar-refractivity contribution in [2.24, 2.45) is 11.8 Å². The fourth-order valence-electron chi connectivity index (χ4n) is 4.30. The van der Waals surface area contributed by atoms with E-state index in [0.717, 1.165) is 6.42 Å². The molecule has 35 heavy (non-hydrogen) atoms. The minimum atomic E-state index is -3.71. The molecule has 0 bridgehead atoms. The first-order valence-corrected chi connectivity index (χ1v) is 13.0. The molecule has 1 saturated heterocycles. The molecule has 1 aromatic heterocycles. The van der Waals surface area contributed by atoms with Gasteiger partial charge in [-0.05, 0) is 55.5 Å². The summed E-state index contributed by atoms with van der Waals surface area (Å²) in [6.07, 6.45) is 0.993. The highest BCUT2D eigenvalue weighted by Crippen LogP contribution is 2.28. The molecule has 3 aromatic rings. The molecule has 1 fully saturated rings. The van der Waals surface area contributed by atoms with Gasteiger partial charge in [-0.2, -0.15) is 9.29 Å². The summed E-state index contributed by atoms with van der Waals surface area (Å²) in [4.78, 5) is 17.0. The van der Waals surface area contributed by atoms with Crippen LogP contribution < -0.4 is 4.74 Å². The Morgan fingerprint density at radius 1 is 1.11 bits per heavy atom. The topological polar surface area (TPSA) is 112 Å². The van der Waals surface area contributed by atoms with Crippen LogP contribution in [0.3, 0.4) is 0 Å². The second-order valence-electron chi connectivity index (χ2n) is 8.81.